The number of phosphoric ester groups is 1. The molecular weight excluding hydrogens is 640 g/mol. The number of fused-ring (bicyclic) bond motifs is 2. The van der Waals surface area contributed by atoms with E-state index in [2.05, 4.69) is 24.9 Å². The van der Waals surface area contributed by atoms with Gasteiger partial charge in [0.2, 0.25) is 5.95 Å². The van der Waals surface area contributed by atoms with E-state index in [1.165, 1.54) is 18.0 Å². The minimum atomic E-state index is -4.82. The quantitative estimate of drug-likeness (QED) is 0.138. The number of methoxy groups -OCH3 is 1. The summed E-state index contributed by atoms with van der Waals surface area (Å²) in [4.78, 5) is 51.3. The first-order chi connectivity index (χ1) is 21.5. The molecule has 20 nitrogen and oxygen atoms in total. The molecule has 0 aliphatic carbocycles. The summed E-state index contributed by atoms with van der Waals surface area (Å²) in [5.41, 5.74) is 12.5. The molecule has 7 N–H and O–H groups in total. The number of anilines is 2. The van der Waals surface area contributed by atoms with Crippen molar-refractivity contribution in [2.24, 2.45) is 5.92 Å². The molecule has 2 aliphatic rings. The molecule has 2 saturated heterocycles. The highest BCUT2D eigenvalue weighted by Crippen LogP contribution is 2.50. The zero-order chi connectivity index (χ0) is 32.0. The van der Waals surface area contributed by atoms with Crippen molar-refractivity contribution < 1.29 is 46.7 Å². The molecule has 2 fully saturated rings. The molecule has 2 unspecified atom stereocenters. The van der Waals surface area contributed by atoms with Crippen LogP contribution in [0.5, 0.6) is 0 Å². The van der Waals surface area contributed by atoms with Crippen LogP contribution in [0.4, 0.5) is 11.6 Å². The summed E-state index contributed by atoms with van der Waals surface area (Å²) in [6, 6.07) is 1.64. The Morgan fingerprint density at radius 3 is 2.60 bits per heavy atom. The Kier molecular flexibility index (Phi) is 8.70. The minimum absolute atomic E-state index is 0.0175. The van der Waals surface area contributed by atoms with Crippen LogP contribution in [0, 0.1) is 5.92 Å². The molecule has 0 aromatic carbocycles. The molecule has 0 bridgehead atoms. The van der Waals surface area contributed by atoms with Crippen LogP contribution < -0.4 is 17.0 Å². The number of phosphoric acid groups is 1. The van der Waals surface area contributed by atoms with Gasteiger partial charge in [0, 0.05) is 30.2 Å². The number of nitrogens with zero attached hydrogens (tertiary/aromatic N) is 6. The van der Waals surface area contributed by atoms with Crippen molar-refractivity contribution >= 4 is 50.0 Å². The lowest BCUT2D eigenvalue weighted by atomic mass is 10.0. The number of nitrogen functional groups attached to an aromatic ring is 2. The second-order valence-electron chi connectivity index (χ2n) is 10.5. The molecule has 4 aromatic heterocycles. The second-order valence-corrected chi connectivity index (χ2v) is 12.6. The summed E-state index contributed by atoms with van der Waals surface area (Å²) in [5, 5.41) is 0. The van der Waals surface area contributed by atoms with Crippen LogP contribution in [0.1, 0.15) is 25.8 Å². The number of hydrogen-bond donors (Lipinski definition) is 5. The van der Waals surface area contributed by atoms with Gasteiger partial charge in [0.15, 0.2) is 23.0 Å². The summed E-state index contributed by atoms with van der Waals surface area (Å²) < 4.78 is 60.9. The molecule has 45 heavy (non-hydrogen) atoms. The molecule has 4 aromatic rings. The number of H-pyrrole nitrogens is 1. The van der Waals surface area contributed by atoms with E-state index in [0.29, 0.717) is 16.9 Å². The van der Waals surface area contributed by atoms with Crippen LogP contribution in [-0.4, -0.2) is 88.6 Å². The van der Waals surface area contributed by atoms with E-state index in [1.807, 2.05) is 6.92 Å². The first-order valence-corrected chi connectivity index (χ1v) is 16.2. The lowest BCUT2D eigenvalue weighted by Crippen LogP contribution is -2.31. The van der Waals surface area contributed by atoms with Crippen LogP contribution in [0.25, 0.3) is 22.3 Å². The maximum absolute atomic E-state index is 13.3. The molecule has 0 amide bonds. The average Bonchev–Trinajstić information content (AvgIpc) is 3.75. The summed E-state index contributed by atoms with van der Waals surface area (Å²) in [6.07, 6.45) is -0.903. The normalized spacial score (nSPS) is 28.6. The van der Waals surface area contributed by atoms with Gasteiger partial charge in [-0.25, -0.2) is 19.5 Å². The predicted molar refractivity (Wildman–Crippen MR) is 153 cm³/mol. The van der Waals surface area contributed by atoms with E-state index >= 15 is 0 Å². The first kappa shape index (κ1) is 31.6. The number of aromatic nitrogens is 7. The van der Waals surface area contributed by atoms with Gasteiger partial charge in [0.05, 0.1) is 37.2 Å². The van der Waals surface area contributed by atoms with Gasteiger partial charge in [-0.15, -0.1) is 9.42 Å². The van der Waals surface area contributed by atoms with Gasteiger partial charge in [0.25, 0.3) is 5.56 Å². The molecule has 0 spiro atoms. The Balaban J connectivity index is 1.19. The number of hydrogen-bond acceptors (Lipinski definition) is 15. The van der Waals surface area contributed by atoms with Crippen LogP contribution in [0.15, 0.2) is 29.7 Å². The third-order valence-corrected chi connectivity index (χ3v) is 8.98. The average molecular weight is 670 g/mol. The van der Waals surface area contributed by atoms with Crippen LogP contribution >= 0.6 is 16.1 Å². The van der Waals surface area contributed by atoms with Crippen LogP contribution in [0.2, 0.25) is 0 Å². The van der Waals surface area contributed by atoms with Crippen molar-refractivity contribution in [1.82, 2.24) is 34.1 Å². The van der Waals surface area contributed by atoms with Crippen molar-refractivity contribution in [3.63, 3.8) is 0 Å². The zero-order valence-electron chi connectivity index (χ0n) is 23.8. The van der Waals surface area contributed by atoms with Crippen LogP contribution in [-0.2, 0) is 36.9 Å². The highest BCUT2D eigenvalue weighted by Gasteiger charge is 2.47. The number of aromatic amines is 1. The molecule has 0 saturated carbocycles. The van der Waals surface area contributed by atoms with Crippen LogP contribution in [0.3, 0.4) is 0 Å². The van der Waals surface area contributed by atoms with Gasteiger partial charge in [-0.2, -0.15) is 4.98 Å². The fraction of sp³-hybridized carbons (Fsp3) is 0.522. The largest absolute Gasteiger partial charge is 0.694 e. The van der Waals surface area contributed by atoms with Crippen molar-refractivity contribution in [2.45, 2.75) is 50.2 Å². The van der Waals surface area contributed by atoms with E-state index < -0.39 is 65.1 Å². The SMILES string of the molecule is CO[C@H]1[C@@H](C)[C@H](n2cnc3c(N)ccnc32)O[C@@H]1COP(=O)(O)O[C@@H]1C[C@@H](CO[P+](=O)O)O[C@H]1n1cnc2c(=O)[nH]c(N)nc21. The van der Waals surface area contributed by atoms with Gasteiger partial charge in [0.1, 0.15) is 30.6 Å². The molecule has 2 aliphatic heterocycles. The fourth-order valence-corrected chi connectivity index (χ4v) is 6.87. The predicted octanol–water partition coefficient (Wildman–Crippen LogP) is 0.733. The highest BCUT2D eigenvalue weighted by molar-refractivity contribution is 7.47. The van der Waals surface area contributed by atoms with Crippen molar-refractivity contribution in [1.29, 1.82) is 0 Å². The molecule has 0 radical (unpaired) electrons. The number of pyridine rings is 1. The molecule has 22 heteroatoms. The van der Waals surface area contributed by atoms with Crippen molar-refractivity contribution in [3.8, 4) is 0 Å². The smallest absolute Gasteiger partial charge is 0.397 e. The summed E-state index contributed by atoms with van der Waals surface area (Å²) in [7, 11) is -6.27. The van der Waals surface area contributed by atoms with Gasteiger partial charge >= 0.3 is 16.1 Å². The Bertz CT molecular complexity index is 1830. The third-order valence-electron chi connectivity index (χ3n) is 7.60. The lowest BCUT2D eigenvalue weighted by Gasteiger charge is -2.24. The number of nitrogens with one attached hydrogen (secondary N) is 1. The molecular formula is C23H30N9O11P2+. The lowest BCUT2D eigenvalue weighted by molar-refractivity contribution is -0.0621. The van der Waals surface area contributed by atoms with Crippen molar-refractivity contribution in [2.75, 3.05) is 31.8 Å². The second kappa shape index (κ2) is 12.4. The maximum Gasteiger partial charge on any atom is 0.694 e. The minimum Gasteiger partial charge on any atom is -0.397 e. The Hall–Kier alpha value is -3.42. The van der Waals surface area contributed by atoms with E-state index in [9.17, 15) is 18.8 Å². The van der Waals surface area contributed by atoms with E-state index in [4.69, 9.17) is 44.1 Å². The van der Waals surface area contributed by atoms with E-state index in [0.717, 1.165) is 0 Å². The topological polar surface area (TPSA) is 276 Å². The third kappa shape index (κ3) is 6.22. The summed E-state index contributed by atoms with van der Waals surface area (Å²) >= 11 is 0. The Labute approximate surface area is 254 Å². The fourth-order valence-electron chi connectivity index (χ4n) is 5.65. The molecule has 9 atom stereocenters. The molecule has 6 rings (SSSR count). The number of rotatable bonds is 11. The van der Waals surface area contributed by atoms with Crippen molar-refractivity contribution in [3.05, 3.63) is 35.3 Å². The Morgan fingerprint density at radius 1 is 1.13 bits per heavy atom. The van der Waals surface area contributed by atoms with Gasteiger partial charge in [-0.1, -0.05) is 6.92 Å². The Morgan fingerprint density at radius 2 is 1.87 bits per heavy atom. The zero-order valence-corrected chi connectivity index (χ0v) is 25.6. The van der Waals surface area contributed by atoms with Gasteiger partial charge < -0.3 is 30.6 Å². The number of ether oxygens (including phenoxy) is 3. The summed E-state index contributed by atoms with van der Waals surface area (Å²) in [6.45, 7) is 1.15. The molecule has 242 valence electrons. The van der Waals surface area contributed by atoms with E-state index in [-0.39, 0.29) is 36.1 Å². The maximum atomic E-state index is 13.3. The molecule has 6 heterocycles. The first-order valence-electron chi connectivity index (χ1n) is 13.5. The van der Waals surface area contributed by atoms with Gasteiger partial charge in [-0.3, -0.25) is 28.0 Å². The monoisotopic (exact) mass is 670 g/mol. The number of nitrogens with two attached hydrogens (primary N) is 2. The number of imidazole rings is 2. The highest BCUT2D eigenvalue weighted by atomic mass is 31.2. The summed E-state index contributed by atoms with van der Waals surface area (Å²) in [5.74, 6) is -0.454. The standard InChI is InChI=1S/C23H29N9O11P2/c1-10-17(38-2)14(42-21(10)31-8-27-15-12(24)3-4-26-18(15)31)7-40-45(36,37)43-13-5-11(6-39-44(34)35)41-22(13)32-9-28-16-19(32)29-23(25)30-20(16)33/h3-4,8-11,13-14,17,21-22H,5-7H2,1-2H3,(H6-,24,25,26,29,30,33,34,35,36,37)/p+1/t10-,11+,13-,14-,17+,21-,22-/m1/s1. The van der Waals surface area contributed by atoms with E-state index in [1.54, 1.807) is 23.2 Å². The van der Waals surface area contributed by atoms with Gasteiger partial charge in [-0.05, 0) is 6.07 Å².